The van der Waals surface area contributed by atoms with Gasteiger partial charge in [0, 0.05) is 28.6 Å². The summed E-state index contributed by atoms with van der Waals surface area (Å²) in [6.45, 7) is 5.84. The zero-order valence-electron chi connectivity index (χ0n) is 18.5. The molecule has 0 aromatic heterocycles. The Hall–Kier alpha value is -3.11. The number of hydrogen-bond acceptors (Lipinski definition) is 2. The van der Waals surface area contributed by atoms with Gasteiger partial charge in [0.1, 0.15) is 0 Å². The molecule has 1 aliphatic heterocycles. The highest BCUT2D eigenvalue weighted by atomic mass is 35.5. The molecule has 4 nitrogen and oxygen atoms in total. The van der Waals surface area contributed by atoms with E-state index in [-0.39, 0.29) is 24.2 Å². The predicted octanol–water partition coefficient (Wildman–Crippen LogP) is 5.67. The third-order valence-corrected chi connectivity index (χ3v) is 6.07. The van der Waals surface area contributed by atoms with E-state index in [9.17, 15) is 9.59 Å². The monoisotopic (exact) mass is 446 g/mol. The fraction of sp³-hybridized carbons (Fsp3) is 0.259. The summed E-state index contributed by atoms with van der Waals surface area (Å²) in [5, 5.41) is 3.75. The summed E-state index contributed by atoms with van der Waals surface area (Å²) in [6, 6.07) is 26.5. The molecule has 2 amide bonds. The van der Waals surface area contributed by atoms with Crippen molar-refractivity contribution < 1.29 is 9.59 Å². The number of carbonyl (C=O) groups is 2. The second-order valence-electron chi connectivity index (χ2n) is 9.21. The molecule has 0 spiro atoms. The van der Waals surface area contributed by atoms with Crippen molar-refractivity contribution in [3.05, 3.63) is 101 Å². The zero-order valence-corrected chi connectivity index (χ0v) is 19.3. The quantitative estimate of drug-likeness (QED) is 0.561. The van der Waals surface area contributed by atoms with Crippen molar-refractivity contribution in [3.8, 4) is 0 Å². The van der Waals surface area contributed by atoms with Gasteiger partial charge in [-0.3, -0.25) is 14.5 Å². The van der Waals surface area contributed by atoms with Crippen molar-refractivity contribution in [2.45, 2.75) is 44.2 Å². The van der Waals surface area contributed by atoms with Gasteiger partial charge in [-0.1, -0.05) is 72.3 Å². The van der Waals surface area contributed by atoms with Crippen molar-refractivity contribution in [2.75, 3.05) is 4.90 Å². The van der Waals surface area contributed by atoms with Gasteiger partial charge in [-0.25, -0.2) is 0 Å². The Kier molecular flexibility index (Phi) is 5.83. The summed E-state index contributed by atoms with van der Waals surface area (Å²) in [5.74, 6) is -0.681. The number of hydrogen-bond donors (Lipinski definition) is 1. The Labute approximate surface area is 194 Å². The van der Waals surface area contributed by atoms with Crippen molar-refractivity contribution in [3.63, 3.8) is 0 Å². The molecule has 1 saturated heterocycles. The zero-order chi connectivity index (χ0) is 22.9. The first-order chi connectivity index (χ1) is 15.2. The van der Waals surface area contributed by atoms with E-state index in [0.717, 1.165) is 11.1 Å². The van der Waals surface area contributed by atoms with Gasteiger partial charge >= 0.3 is 0 Å². The van der Waals surface area contributed by atoms with Crippen LogP contribution in [0.4, 0.5) is 5.69 Å². The number of nitrogens with one attached hydrogen (secondary N) is 1. The number of nitrogens with zero attached hydrogens (tertiary/aromatic N) is 1. The number of benzene rings is 3. The second kappa shape index (κ2) is 8.44. The largest absolute Gasteiger partial charge is 0.349 e. The molecule has 0 saturated carbocycles. The SMILES string of the molecule is CC(C)(C)NC(=O)[C@@]1(c2ccc(Cl)cc2)[C@H](c2ccccc2)CC(=O)N1c1ccccc1. The highest BCUT2D eigenvalue weighted by Gasteiger charge is 2.60. The number of halogens is 1. The van der Waals surface area contributed by atoms with Crippen molar-refractivity contribution in [1.29, 1.82) is 0 Å². The highest BCUT2D eigenvalue weighted by molar-refractivity contribution is 6.30. The molecule has 0 bridgehead atoms. The summed E-state index contributed by atoms with van der Waals surface area (Å²) < 4.78 is 0. The van der Waals surface area contributed by atoms with Gasteiger partial charge in [-0.15, -0.1) is 0 Å². The molecular weight excluding hydrogens is 420 g/mol. The summed E-state index contributed by atoms with van der Waals surface area (Å²) in [6.07, 6.45) is 0.221. The summed E-state index contributed by atoms with van der Waals surface area (Å²) >= 11 is 6.20. The fourth-order valence-corrected chi connectivity index (χ4v) is 4.72. The van der Waals surface area contributed by atoms with E-state index < -0.39 is 11.1 Å². The lowest BCUT2D eigenvalue weighted by molar-refractivity contribution is -0.129. The van der Waals surface area contributed by atoms with Crippen LogP contribution in [0.25, 0.3) is 0 Å². The minimum Gasteiger partial charge on any atom is -0.349 e. The van der Waals surface area contributed by atoms with Crippen LogP contribution in [0.1, 0.15) is 44.2 Å². The van der Waals surface area contributed by atoms with Crippen LogP contribution < -0.4 is 10.2 Å². The van der Waals surface area contributed by atoms with Crippen LogP contribution >= 0.6 is 11.6 Å². The molecule has 0 aliphatic carbocycles. The van der Waals surface area contributed by atoms with Crippen LogP contribution in [0.3, 0.4) is 0 Å². The van der Waals surface area contributed by atoms with Crippen LogP contribution in [0, 0.1) is 0 Å². The topological polar surface area (TPSA) is 49.4 Å². The average Bonchev–Trinajstić information content (AvgIpc) is 3.08. The number of rotatable bonds is 4. The van der Waals surface area contributed by atoms with Crippen molar-refractivity contribution in [2.24, 2.45) is 0 Å². The normalized spacial score (nSPS) is 20.9. The Morgan fingerprint density at radius 1 is 0.938 bits per heavy atom. The lowest BCUT2D eigenvalue weighted by atomic mass is 9.73. The molecular formula is C27H27ClN2O2. The number of carbonyl (C=O) groups excluding carboxylic acids is 2. The standard InChI is InChI=1S/C27H27ClN2O2/c1-26(2,3)29-25(32)27(20-14-16-21(28)17-15-20)23(19-10-6-4-7-11-19)18-24(31)30(27)22-12-8-5-9-13-22/h4-17,23H,18H2,1-3H3,(H,29,32)/t23-,27+/m0/s1. The number of para-hydroxylation sites is 1. The number of amides is 2. The molecule has 3 aromatic rings. The van der Waals surface area contributed by atoms with Crippen LogP contribution in [0.15, 0.2) is 84.9 Å². The van der Waals surface area contributed by atoms with E-state index in [2.05, 4.69) is 5.32 Å². The maximum atomic E-state index is 14.2. The minimum absolute atomic E-state index is 0.0935. The molecule has 0 unspecified atom stereocenters. The summed E-state index contributed by atoms with van der Waals surface area (Å²) in [7, 11) is 0. The van der Waals surface area contributed by atoms with Gasteiger partial charge < -0.3 is 5.32 Å². The van der Waals surface area contributed by atoms with Crippen molar-refractivity contribution in [1.82, 2.24) is 5.32 Å². The van der Waals surface area contributed by atoms with Crippen LogP contribution in [0.5, 0.6) is 0 Å². The summed E-state index contributed by atoms with van der Waals surface area (Å²) in [4.78, 5) is 29.5. The van der Waals surface area contributed by atoms with Gasteiger partial charge in [-0.2, -0.15) is 0 Å². The van der Waals surface area contributed by atoms with E-state index in [0.29, 0.717) is 10.7 Å². The van der Waals surface area contributed by atoms with Gasteiger partial charge in [0.15, 0.2) is 5.54 Å². The number of anilines is 1. The Balaban J connectivity index is 2.03. The first-order valence-corrected chi connectivity index (χ1v) is 11.1. The van der Waals surface area contributed by atoms with E-state index in [1.165, 1.54) is 0 Å². The first-order valence-electron chi connectivity index (χ1n) is 10.7. The van der Waals surface area contributed by atoms with Crippen LogP contribution in [-0.2, 0) is 15.1 Å². The van der Waals surface area contributed by atoms with Gasteiger partial charge in [0.2, 0.25) is 5.91 Å². The molecule has 2 atom stereocenters. The summed E-state index contributed by atoms with van der Waals surface area (Å²) in [5.41, 5.74) is 0.615. The minimum atomic E-state index is -1.27. The predicted molar refractivity (Wildman–Crippen MR) is 129 cm³/mol. The second-order valence-corrected chi connectivity index (χ2v) is 9.65. The smallest absolute Gasteiger partial charge is 0.252 e. The van der Waals surface area contributed by atoms with Gasteiger partial charge in [0.05, 0.1) is 0 Å². The van der Waals surface area contributed by atoms with Gasteiger partial charge in [-0.05, 0) is 56.2 Å². The Bertz CT molecular complexity index is 1110. The Morgan fingerprint density at radius 2 is 1.50 bits per heavy atom. The molecule has 164 valence electrons. The molecule has 32 heavy (non-hydrogen) atoms. The highest BCUT2D eigenvalue weighted by Crippen LogP contribution is 2.52. The maximum absolute atomic E-state index is 14.2. The Morgan fingerprint density at radius 3 is 2.06 bits per heavy atom. The average molecular weight is 447 g/mol. The first kappa shape index (κ1) is 22.1. The van der Waals surface area contributed by atoms with E-state index in [1.807, 2.05) is 93.6 Å². The molecule has 1 aliphatic rings. The molecule has 5 heteroatoms. The molecule has 1 fully saturated rings. The van der Waals surface area contributed by atoms with E-state index >= 15 is 0 Å². The van der Waals surface area contributed by atoms with E-state index in [4.69, 9.17) is 11.6 Å². The van der Waals surface area contributed by atoms with Crippen LogP contribution in [0.2, 0.25) is 5.02 Å². The van der Waals surface area contributed by atoms with Gasteiger partial charge in [0.25, 0.3) is 5.91 Å². The lowest BCUT2D eigenvalue weighted by Gasteiger charge is -2.43. The molecule has 1 N–H and O–H groups in total. The maximum Gasteiger partial charge on any atom is 0.252 e. The third-order valence-electron chi connectivity index (χ3n) is 5.82. The molecule has 4 rings (SSSR count). The third kappa shape index (κ3) is 3.91. The van der Waals surface area contributed by atoms with E-state index in [1.54, 1.807) is 17.0 Å². The molecule has 1 heterocycles. The molecule has 0 radical (unpaired) electrons. The fourth-order valence-electron chi connectivity index (χ4n) is 4.60. The molecule has 3 aromatic carbocycles. The van der Waals surface area contributed by atoms with Crippen molar-refractivity contribution >= 4 is 29.1 Å². The lowest BCUT2D eigenvalue weighted by Crippen LogP contribution is -2.60. The van der Waals surface area contributed by atoms with Crippen LogP contribution in [-0.4, -0.2) is 17.4 Å².